The van der Waals surface area contributed by atoms with E-state index in [9.17, 15) is 9.50 Å². The summed E-state index contributed by atoms with van der Waals surface area (Å²) in [6.07, 6.45) is 14.1. The van der Waals surface area contributed by atoms with E-state index < -0.39 is 10.8 Å². The lowest BCUT2D eigenvalue weighted by Gasteiger charge is -2.59. The Bertz CT molecular complexity index is 662. The van der Waals surface area contributed by atoms with Crippen LogP contribution in [0.5, 0.6) is 0 Å². The van der Waals surface area contributed by atoms with Gasteiger partial charge in [-0.2, -0.15) is 0 Å². The molecular weight excluding hydrogens is 401 g/mol. The molecule has 0 saturated heterocycles. The molecule has 0 aromatic heterocycles. The smallest absolute Gasteiger partial charge is 0.164 e. The second-order valence-corrected chi connectivity index (χ2v) is 13.6. The Hall–Kier alpha value is 0.450. The van der Waals surface area contributed by atoms with Crippen LogP contribution in [0.25, 0.3) is 0 Å². The van der Waals surface area contributed by atoms with Crippen LogP contribution in [0.4, 0.5) is 4.39 Å². The van der Waals surface area contributed by atoms with Gasteiger partial charge < -0.3 is 10.2 Å². The lowest BCUT2D eigenvalue weighted by molar-refractivity contribution is -0.0876. The van der Waals surface area contributed by atoms with Crippen molar-refractivity contribution in [2.75, 3.05) is 6.61 Å². The SMILES string of the molecule is CC12CCC3C(CC=C4C[C@](O)(C(F)(P)P)CC[C@@]43C)C1CC[C@@H]2CCCCO. The third-order valence-electron chi connectivity index (χ3n) is 10.0. The molecule has 4 aliphatic rings. The van der Waals surface area contributed by atoms with Crippen LogP contribution >= 0.6 is 18.5 Å². The molecule has 0 aliphatic heterocycles. The van der Waals surface area contributed by atoms with Crippen LogP contribution in [0, 0.1) is 34.5 Å². The normalized spacial score (nSPS) is 47.2. The van der Waals surface area contributed by atoms with E-state index in [4.69, 9.17) is 5.11 Å². The fourth-order valence-corrected chi connectivity index (χ4v) is 8.55. The number of aliphatic hydroxyl groups excluding tert-OH is 1. The van der Waals surface area contributed by atoms with Crippen LogP contribution in [-0.2, 0) is 0 Å². The number of hydrogen-bond acceptors (Lipinski definition) is 2. The van der Waals surface area contributed by atoms with Crippen LogP contribution in [0.1, 0.15) is 84.5 Å². The van der Waals surface area contributed by atoms with Crippen molar-refractivity contribution in [2.45, 2.75) is 95.2 Å². The van der Waals surface area contributed by atoms with Crippen LogP contribution in [-0.4, -0.2) is 27.6 Å². The maximum atomic E-state index is 14.7. The molecule has 0 amide bonds. The Balaban J connectivity index is 1.55. The molecule has 0 aromatic rings. The van der Waals surface area contributed by atoms with E-state index in [-0.39, 0.29) is 5.41 Å². The van der Waals surface area contributed by atoms with Gasteiger partial charge in [0.05, 0.1) is 0 Å². The fourth-order valence-electron chi connectivity index (χ4n) is 8.06. The molecule has 2 N–H and O–H groups in total. The molecule has 0 radical (unpaired) electrons. The average Bonchev–Trinajstić information content (AvgIpc) is 2.98. The Kier molecular flexibility index (Phi) is 6.08. The number of halogens is 1. The number of allylic oxidation sites excluding steroid dienone is 1. The van der Waals surface area contributed by atoms with Gasteiger partial charge in [0.2, 0.25) is 0 Å². The summed E-state index contributed by atoms with van der Waals surface area (Å²) in [5.41, 5.74) is 0.628. The monoisotopic (exact) mass is 442 g/mol. The summed E-state index contributed by atoms with van der Waals surface area (Å²) < 4.78 is 14.7. The summed E-state index contributed by atoms with van der Waals surface area (Å²) in [5, 5.41) is 18.5. The van der Waals surface area contributed by atoms with Gasteiger partial charge in [-0.3, -0.25) is 0 Å². The highest BCUT2D eigenvalue weighted by Crippen LogP contribution is 2.68. The predicted octanol–water partition coefficient (Wildman–Crippen LogP) is 5.83. The zero-order valence-corrected chi connectivity index (χ0v) is 20.6. The first-order chi connectivity index (χ1) is 13.6. The minimum atomic E-state index is -1.72. The van der Waals surface area contributed by atoms with Gasteiger partial charge in [0.15, 0.2) is 5.15 Å². The summed E-state index contributed by atoms with van der Waals surface area (Å²) in [6.45, 7) is 5.30. The third-order valence-corrected chi connectivity index (χ3v) is 11.1. The van der Waals surface area contributed by atoms with Crippen molar-refractivity contribution in [3.8, 4) is 0 Å². The second kappa shape index (κ2) is 7.79. The maximum Gasteiger partial charge on any atom is 0.164 e. The molecule has 4 rings (SSSR count). The summed E-state index contributed by atoms with van der Waals surface area (Å²) in [4.78, 5) is 0. The highest BCUT2D eigenvalue weighted by Gasteiger charge is 2.60. The lowest BCUT2D eigenvalue weighted by atomic mass is 9.46. The Labute approximate surface area is 181 Å². The molecule has 9 atom stereocenters. The first-order valence-electron chi connectivity index (χ1n) is 11.8. The van der Waals surface area contributed by atoms with Crippen molar-refractivity contribution >= 4 is 18.5 Å². The molecule has 0 aromatic carbocycles. The Morgan fingerprint density at radius 1 is 1.10 bits per heavy atom. The van der Waals surface area contributed by atoms with Gasteiger partial charge in [-0.15, -0.1) is 0 Å². The minimum absolute atomic E-state index is 0.131. The van der Waals surface area contributed by atoms with E-state index in [1.165, 1.54) is 37.7 Å². The molecule has 3 saturated carbocycles. The first kappa shape index (κ1) is 22.6. The van der Waals surface area contributed by atoms with Gasteiger partial charge in [-0.1, -0.05) is 50.4 Å². The van der Waals surface area contributed by atoms with Gasteiger partial charge in [-0.05, 0) is 92.3 Å². The second-order valence-electron chi connectivity index (χ2n) is 11.3. The molecule has 0 bridgehead atoms. The van der Waals surface area contributed by atoms with Gasteiger partial charge in [-0.25, -0.2) is 4.39 Å². The molecule has 3 fully saturated rings. The summed E-state index contributed by atoms with van der Waals surface area (Å²) in [5.74, 6) is 3.05. The first-order valence-corrected chi connectivity index (χ1v) is 13.0. The maximum absolute atomic E-state index is 14.7. The van der Waals surface area contributed by atoms with Crippen molar-refractivity contribution in [2.24, 2.45) is 34.5 Å². The fraction of sp³-hybridized carbons (Fsp3) is 0.917. The van der Waals surface area contributed by atoms with E-state index >= 15 is 0 Å². The van der Waals surface area contributed by atoms with E-state index in [1.54, 1.807) is 0 Å². The molecule has 0 heterocycles. The summed E-state index contributed by atoms with van der Waals surface area (Å²) in [7, 11) is 4.41. The minimum Gasteiger partial charge on any atom is -0.396 e. The predicted molar refractivity (Wildman–Crippen MR) is 124 cm³/mol. The van der Waals surface area contributed by atoms with Gasteiger partial charge in [0.25, 0.3) is 0 Å². The molecule has 166 valence electrons. The topological polar surface area (TPSA) is 40.5 Å². The highest BCUT2D eigenvalue weighted by molar-refractivity contribution is 7.39. The number of fused-ring (bicyclic) bond motifs is 5. The number of unbranched alkanes of at least 4 members (excludes halogenated alkanes) is 1. The van der Waals surface area contributed by atoms with Gasteiger partial charge in [0.1, 0.15) is 5.60 Å². The van der Waals surface area contributed by atoms with Crippen molar-refractivity contribution in [1.29, 1.82) is 0 Å². The molecule has 0 spiro atoms. The average molecular weight is 443 g/mol. The van der Waals surface area contributed by atoms with Crippen molar-refractivity contribution in [3.05, 3.63) is 11.6 Å². The van der Waals surface area contributed by atoms with Crippen LogP contribution in [0.15, 0.2) is 11.6 Å². The van der Waals surface area contributed by atoms with Crippen molar-refractivity contribution in [3.63, 3.8) is 0 Å². The Morgan fingerprint density at radius 3 is 2.55 bits per heavy atom. The van der Waals surface area contributed by atoms with Crippen LogP contribution in [0.2, 0.25) is 0 Å². The molecule has 29 heavy (non-hydrogen) atoms. The van der Waals surface area contributed by atoms with Gasteiger partial charge in [0, 0.05) is 13.0 Å². The lowest BCUT2D eigenvalue weighted by Crippen LogP contribution is -2.54. The highest BCUT2D eigenvalue weighted by atomic mass is 31.1. The zero-order chi connectivity index (χ0) is 21.1. The largest absolute Gasteiger partial charge is 0.396 e. The molecule has 5 heteroatoms. The Morgan fingerprint density at radius 2 is 1.86 bits per heavy atom. The summed E-state index contributed by atoms with van der Waals surface area (Å²) in [6, 6.07) is 0. The molecule has 6 unspecified atom stereocenters. The van der Waals surface area contributed by atoms with Crippen LogP contribution in [0.3, 0.4) is 0 Å². The molecule has 4 aliphatic carbocycles. The molecule has 2 nitrogen and oxygen atoms in total. The van der Waals surface area contributed by atoms with E-state index in [2.05, 4.69) is 38.4 Å². The number of hydrogen-bond donors (Lipinski definition) is 2. The van der Waals surface area contributed by atoms with Gasteiger partial charge >= 0.3 is 0 Å². The zero-order valence-electron chi connectivity index (χ0n) is 18.3. The summed E-state index contributed by atoms with van der Waals surface area (Å²) >= 11 is 0. The number of alkyl halides is 1. The van der Waals surface area contributed by atoms with E-state index in [0.29, 0.717) is 30.8 Å². The number of rotatable bonds is 5. The van der Waals surface area contributed by atoms with E-state index in [1.807, 2.05) is 0 Å². The van der Waals surface area contributed by atoms with Crippen molar-refractivity contribution in [1.82, 2.24) is 0 Å². The number of aliphatic hydroxyl groups is 2. The van der Waals surface area contributed by atoms with Crippen LogP contribution < -0.4 is 0 Å². The quantitative estimate of drug-likeness (QED) is 0.319. The van der Waals surface area contributed by atoms with E-state index in [0.717, 1.165) is 43.4 Å². The molecular formula is C24H41FO2P2. The standard InChI is InChI=1S/C24H41FO2P2/c1-21-11-10-20-18(19(21)9-7-16(21)5-3-4-14-26)8-6-17-15-23(27,24(25,28)29)13-12-22(17,20)2/h6,16,18-20,26-27H,3-5,7-15,28-29H2,1-2H3/t16-,18?,19?,20?,21?,22-,23-/m0/s1. The van der Waals surface area contributed by atoms with Crippen molar-refractivity contribution < 1.29 is 14.6 Å². The third kappa shape index (κ3) is 3.59.